The van der Waals surface area contributed by atoms with Gasteiger partial charge in [-0.1, -0.05) is 30.4 Å². The molecular weight excluding hydrogens is 334 g/mol. The molecule has 2 aliphatic heterocycles. The highest BCUT2D eigenvalue weighted by Crippen LogP contribution is 2.36. The molecule has 0 bridgehead atoms. The van der Waals surface area contributed by atoms with Crippen LogP contribution in [-0.4, -0.2) is 52.6 Å². The predicted octanol–water partition coefficient (Wildman–Crippen LogP) is 2.61. The van der Waals surface area contributed by atoms with Gasteiger partial charge < -0.3 is 9.84 Å². The summed E-state index contributed by atoms with van der Waals surface area (Å²) in [6.45, 7) is 2.07. The maximum atomic E-state index is 12.4. The molecule has 1 aromatic rings. The Labute approximate surface area is 150 Å². The van der Waals surface area contributed by atoms with E-state index in [1.165, 1.54) is 0 Å². The summed E-state index contributed by atoms with van der Waals surface area (Å²) in [6, 6.07) is 7.62. The average Bonchev–Trinajstić information content (AvgIpc) is 3.24. The molecule has 0 spiro atoms. The lowest BCUT2D eigenvalue weighted by atomic mass is 9.91. The van der Waals surface area contributed by atoms with Gasteiger partial charge in [-0.15, -0.1) is 5.10 Å². The number of ether oxygens (including phenoxy) is 1. The van der Waals surface area contributed by atoms with Crippen molar-refractivity contribution in [3.63, 3.8) is 0 Å². The third-order valence-electron chi connectivity index (χ3n) is 4.65. The van der Waals surface area contributed by atoms with Crippen LogP contribution in [0.5, 0.6) is 0 Å². The van der Waals surface area contributed by atoms with Gasteiger partial charge >= 0.3 is 5.97 Å². The van der Waals surface area contributed by atoms with E-state index in [0.29, 0.717) is 24.6 Å². The highest BCUT2D eigenvalue weighted by Gasteiger charge is 2.49. The third kappa shape index (κ3) is 2.77. The fourth-order valence-electron chi connectivity index (χ4n) is 3.46. The minimum atomic E-state index is -0.818. The zero-order chi connectivity index (χ0) is 18.1. The van der Waals surface area contributed by atoms with E-state index in [1.54, 1.807) is 11.9 Å². The summed E-state index contributed by atoms with van der Waals surface area (Å²) in [6.07, 6.45) is 4.71. The Kier molecular flexibility index (Phi) is 4.24. The molecule has 4 atom stereocenters. The zero-order valence-electron chi connectivity index (χ0n) is 14.3. The average molecular weight is 353 g/mol. The monoisotopic (exact) mass is 353 g/mol. The van der Waals surface area contributed by atoms with Gasteiger partial charge in [-0.2, -0.15) is 10.2 Å². The summed E-state index contributed by atoms with van der Waals surface area (Å²) >= 11 is 0. The van der Waals surface area contributed by atoms with Gasteiger partial charge in [0.25, 0.3) is 0 Å². The van der Waals surface area contributed by atoms with Gasteiger partial charge in [0, 0.05) is 5.92 Å². The Balaban J connectivity index is 1.66. The molecule has 1 N–H and O–H groups in total. The normalized spacial score (nSPS) is 29.3. The number of azo groups is 1. The number of fused-ring (bicyclic) bond motifs is 3. The van der Waals surface area contributed by atoms with Gasteiger partial charge in [0.15, 0.2) is 11.9 Å². The van der Waals surface area contributed by atoms with Crippen LogP contribution in [0.4, 0.5) is 5.69 Å². The summed E-state index contributed by atoms with van der Waals surface area (Å²) < 4.78 is 5.18. The molecule has 8 nitrogen and oxygen atoms in total. The zero-order valence-corrected chi connectivity index (χ0v) is 14.3. The van der Waals surface area contributed by atoms with Gasteiger partial charge in [-0.3, -0.25) is 4.99 Å². The lowest BCUT2D eigenvalue weighted by Crippen LogP contribution is -2.50. The number of aliphatic imine (C=N–C) groups is 1. The van der Waals surface area contributed by atoms with Gasteiger partial charge in [-0.05, 0) is 25.5 Å². The molecule has 1 aromatic carbocycles. The molecule has 26 heavy (non-hydrogen) atoms. The summed E-state index contributed by atoms with van der Waals surface area (Å²) in [4.78, 5) is 16.9. The fraction of sp³-hybridized carbons (Fsp3) is 0.389. The van der Waals surface area contributed by atoms with Crippen molar-refractivity contribution in [1.82, 2.24) is 5.01 Å². The molecule has 0 saturated heterocycles. The first kappa shape index (κ1) is 16.4. The molecular formula is C18H19N5O3. The highest BCUT2D eigenvalue weighted by molar-refractivity contribution is 6.11. The largest absolute Gasteiger partial charge is 0.493 e. The van der Waals surface area contributed by atoms with Crippen molar-refractivity contribution in [3.8, 4) is 0 Å². The van der Waals surface area contributed by atoms with E-state index in [-0.39, 0.29) is 23.8 Å². The molecule has 3 aliphatic rings. The summed E-state index contributed by atoms with van der Waals surface area (Å²) in [5, 5.41) is 24.5. The second-order valence-electron chi connectivity index (χ2n) is 6.26. The van der Waals surface area contributed by atoms with E-state index >= 15 is 0 Å². The van der Waals surface area contributed by atoms with Crippen LogP contribution in [0.15, 0.2) is 62.8 Å². The standard InChI is InChI=1S/C18H19N5O3/c1-2-26-18(25)14-12-9-6-10-13(12)23-16(19-14)15(17(24)22-23)21-20-11-7-4-3-5-8-11/h3-8,10,12-15H,2,9H2,1H3,(H,22,24)/b21-20+. The molecule has 4 rings (SSSR count). The second-order valence-corrected chi connectivity index (χ2v) is 6.26. The number of nitrogens with zero attached hydrogens (tertiary/aromatic N) is 5. The minimum absolute atomic E-state index is 0.0563. The number of carbonyl (C=O) groups is 1. The Morgan fingerprint density at radius 2 is 2.19 bits per heavy atom. The number of rotatable bonds is 4. The smallest absolute Gasteiger partial charge is 0.331 e. The lowest BCUT2D eigenvalue weighted by molar-refractivity contribution is -0.146. The highest BCUT2D eigenvalue weighted by atomic mass is 16.5. The quantitative estimate of drug-likeness (QED) is 0.511. The number of benzene rings is 1. The van der Waals surface area contributed by atoms with E-state index in [4.69, 9.17) is 4.74 Å². The first-order valence-corrected chi connectivity index (χ1v) is 8.62. The van der Waals surface area contributed by atoms with Gasteiger partial charge in [-0.25, -0.2) is 9.80 Å². The number of aliphatic hydroxyl groups is 1. The maximum Gasteiger partial charge on any atom is 0.331 e. The molecule has 2 heterocycles. The minimum Gasteiger partial charge on any atom is -0.493 e. The van der Waals surface area contributed by atoms with Crippen LogP contribution in [-0.2, 0) is 9.53 Å². The molecule has 0 radical (unpaired) electrons. The molecule has 8 heteroatoms. The van der Waals surface area contributed by atoms with Gasteiger partial charge in [0.1, 0.15) is 0 Å². The van der Waals surface area contributed by atoms with Crippen LogP contribution in [0.1, 0.15) is 13.3 Å². The van der Waals surface area contributed by atoms with Crippen molar-refractivity contribution >= 4 is 23.4 Å². The topological polar surface area (TPSA) is 99.2 Å². The molecule has 0 fully saturated rings. The Morgan fingerprint density at radius 3 is 2.96 bits per heavy atom. The van der Waals surface area contributed by atoms with Crippen LogP contribution >= 0.6 is 0 Å². The molecule has 0 amide bonds. The van der Waals surface area contributed by atoms with E-state index in [9.17, 15) is 9.90 Å². The lowest BCUT2D eigenvalue weighted by Gasteiger charge is -2.35. The summed E-state index contributed by atoms with van der Waals surface area (Å²) in [5.41, 5.74) is 0.663. The van der Waals surface area contributed by atoms with Crippen LogP contribution in [0.3, 0.4) is 0 Å². The third-order valence-corrected chi connectivity index (χ3v) is 4.65. The van der Waals surface area contributed by atoms with Crippen molar-refractivity contribution in [2.45, 2.75) is 31.5 Å². The number of carbonyl (C=O) groups excluding carboxylic acids is 1. The van der Waals surface area contributed by atoms with Gasteiger partial charge in [0.2, 0.25) is 11.9 Å². The first-order valence-electron chi connectivity index (χ1n) is 8.62. The van der Waals surface area contributed by atoms with E-state index in [2.05, 4.69) is 20.3 Å². The Bertz CT molecular complexity index is 817. The number of aliphatic hydroxyl groups excluding tert-OH is 1. The second kappa shape index (κ2) is 6.70. The van der Waals surface area contributed by atoms with E-state index in [0.717, 1.165) is 0 Å². The maximum absolute atomic E-state index is 12.4. The van der Waals surface area contributed by atoms with Crippen LogP contribution in [0, 0.1) is 5.92 Å². The van der Waals surface area contributed by atoms with Crippen LogP contribution < -0.4 is 0 Å². The van der Waals surface area contributed by atoms with E-state index < -0.39 is 12.1 Å². The van der Waals surface area contributed by atoms with Crippen molar-refractivity contribution < 1.29 is 14.6 Å². The number of amidine groups is 1. The SMILES string of the molecule is CCOC(=O)C1N=C2C(/N=N/c3ccccc3)C(O)=NN2C2C=CCC12. The molecule has 4 unspecified atom stereocenters. The van der Waals surface area contributed by atoms with Crippen molar-refractivity contribution in [1.29, 1.82) is 0 Å². The number of hydrazone groups is 1. The molecule has 0 aromatic heterocycles. The molecule has 134 valence electrons. The van der Waals surface area contributed by atoms with Crippen LogP contribution in [0.25, 0.3) is 0 Å². The van der Waals surface area contributed by atoms with E-state index in [1.807, 2.05) is 42.5 Å². The number of allylic oxidation sites excluding steroid dienone is 1. The Morgan fingerprint density at radius 1 is 1.38 bits per heavy atom. The fourth-order valence-corrected chi connectivity index (χ4v) is 3.46. The number of hydrogen-bond acceptors (Lipinski definition) is 7. The van der Waals surface area contributed by atoms with Crippen molar-refractivity contribution in [2.75, 3.05) is 6.61 Å². The van der Waals surface area contributed by atoms with Crippen molar-refractivity contribution in [2.24, 2.45) is 26.2 Å². The Hall–Kier alpha value is -3.03. The molecule has 0 saturated carbocycles. The number of hydrogen-bond donors (Lipinski definition) is 1. The van der Waals surface area contributed by atoms with Crippen LogP contribution in [0.2, 0.25) is 0 Å². The summed E-state index contributed by atoms with van der Waals surface area (Å²) in [7, 11) is 0. The summed E-state index contributed by atoms with van der Waals surface area (Å²) in [5.74, 6) is -0.164. The predicted molar refractivity (Wildman–Crippen MR) is 95.5 cm³/mol. The first-order chi connectivity index (χ1) is 12.7. The molecule has 1 aliphatic carbocycles. The van der Waals surface area contributed by atoms with Crippen molar-refractivity contribution in [3.05, 3.63) is 42.5 Å². The number of esters is 1. The van der Waals surface area contributed by atoms with Gasteiger partial charge in [0.05, 0.1) is 18.3 Å².